The summed E-state index contributed by atoms with van der Waals surface area (Å²) in [4.78, 5) is 25.9. The third-order valence-corrected chi connectivity index (χ3v) is 4.39. The summed E-state index contributed by atoms with van der Waals surface area (Å²) < 4.78 is 37.7. The molecule has 5 nitrogen and oxygen atoms in total. The predicted molar refractivity (Wildman–Crippen MR) is 102 cm³/mol. The van der Waals surface area contributed by atoms with Crippen LogP contribution in [0.1, 0.15) is 12.5 Å². The van der Waals surface area contributed by atoms with E-state index >= 15 is 0 Å². The van der Waals surface area contributed by atoms with Gasteiger partial charge in [0, 0.05) is 5.69 Å². The van der Waals surface area contributed by atoms with Gasteiger partial charge in [0.05, 0.1) is 28.9 Å². The van der Waals surface area contributed by atoms with Crippen LogP contribution in [0.3, 0.4) is 0 Å². The molecule has 2 N–H and O–H groups in total. The molecule has 0 aromatic heterocycles. The Labute approximate surface area is 165 Å². The Kier molecular flexibility index (Phi) is 7.04. The van der Waals surface area contributed by atoms with Gasteiger partial charge in [0.15, 0.2) is 0 Å². The zero-order valence-corrected chi connectivity index (χ0v) is 15.9. The maximum Gasteiger partial charge on any atom is 0.416 e. The number of anilines is 2. The number of nitrogens with zero attached hydrogens (tertiary/aromatic N) is 1. The first-order valence-corrected chi connectivity index (χ1v) is 8.68. The lowest BCUT2D eigenvalue weighted by molar-refractivity contribution is -0.137. The van der Waals surface area contributed by atoms with Gasteiger partial charge in [0.2, 0.25) is 11.8 Å². The highest BCUT2D eigenvalue weighted by Crippen LogP contribution is 2.29. The lowest BCUT2D eigenvalue weighted by Gasteiger charge is -2.23. The maximum atomic E-state index is 12.6. The van der Waals surface area contributed by atoms with E-state index in [0.29, 0.717) is 10.7 Å². The smallest absolute Gasteiger partial charge is 0.325 e. The number of hydrogen-bond donors (Lipinski definition) is 2. The van der Waals surface area contributed by atoms with Crippen LogP contribution in [0.2, 0.25) is 5.02 Å². The second-order valence-corrected chi connectivity index (χ2v) is 6.59. The largest absolute Gasteiger partial charge is 0.416 e. The molecule has 0 radical (unpaired) electrons. The van der Waals surface area contributed by atoms with Crippen molar-refractivity contribution in [2.45, 2.75) is 19.1 Å². The van der Waals surface area contributed by atoms with Gasteiger partial charge in [-0.05, 0) is 50.4 Å². The van der Waals surface area contributed by atoms with Gasteiger partial charge in [-0.1, -0.05) is 23.7 Å². The molecule has 2 aromatic carbocycles. The summed E-state index contributed by atoms with van der Waals surface area (Å²) in [5, 5.41) is 5.58. The number of para-hydroxylation sites is 1. The van der Waals surface area contributed by atoms with Crippen molar-refractivity contribution in [3.63, 3.8) is 0 Å². The van der Waals surface area contributed by atoms with E-state index in [0.717, 1.165) is 12.1 Å². The number of nitrogens with one attached hydrogen (secondary N) is 2. The zero-order valence-electron chi connectivity index (χ0n) is 15.2. The molecular weight excluding hydrogens is 395 g/mol. The van der Waals surface area contributed by atoms with Crippen molar-refractivity contribution in [3.8, 4) is 0 Å². The molecule has 2 amide bonds. The molecule has 0 saturated heterocycles. The number of likely N-dealkylation sites (N-methyl/N-ethyl adjacent to an activating group) is 1. The monoisotopic (exact) mass is 413 g/mol. The number of carbonyl (C=O) groups is 2. The molecule has 0 unspecified atom stereocenters. The summed E-state index contributed by atoms with van der Waals surface area (Å²) in [6, 6.07) is 10.2. The second kappa shape index (κ2) is 9.07. The Morgan fingerprint density at radius 1 is 1.07 bits per heavy atom. The van der Waals surface area contributed by atoms with E-state index in [1.807, 2.05) is 0 Å². The van der Waals surface area contributed by atoms with Gasteiger partial charge in [0.25, 0.3) is 0 Å². The average Bonchev–Trinajstić information content (AvgIpc) is 2.62. The van der Waals surface area contributed by atoms with Gasteiger partial charge in [0.1, 0.15) is 0 Å². The Hall–Kier alpha value is -2.58. The molecule has 0 aliphatic heterocycles. The summed E-state index contributed by atoms with van der Waals surface area (Å²) in [7, 11) is 1.59. The highest BCUT2D eigenvalue weighted by Gasteiger charge is 2.30. The fraction of sp³-hybridized carbons (Fsp3) is 0.263. The van der Waals surface area contributed by atoms with Gasteiger partial charge in [-0.3, -0.25) is 14.5 Å². The molecule has 0 saturated carbocycles. The van der Waals surface area contributed by atoms with E-state index in [4.69, 9.17) is 11.6 Å². The Morgan fingerprint density at radius 2 is 1.68 bits per heavy atom. The van der Waals surface area contributed by atoms with E-state index in [-0.39, 0.29) is 18.1 Å². The normalized spacial score (nSPS) is 12.5. The van der Waals surface area contributed by atoms with Crippen LogP contribution < -0.4 is 10.6 Å². The standard InChI is InChI=1S/C19H19ClF3N3O2/c1-12(18(28)24-14-9-7-13(8-10-14)19(21,22)23)26(2)11-17(27)25-16-6-4-3-5-15(16)20/h3-10,12H,11H2,1-2H3,(H,24,28)(H,25,27)/t12-/m0/s1. The summed E-state index contributed by atoms with van der Waals surface area (Å²) >= 11 is 5.98. The fourth-order valence-corrected chi connectivity index (χ4v) is 2.49. The highest BCUT2D eigenvalue weighted by atomic mass is 35.5. The molecule has 0 heterocycles. The summed E-state index contributed by atoms with van der Waals surface area (Å²) in [6.07, 6.45) is -4.44. The maximum absolute atomic E-state index is 12.6. The molecule has 2 aromatic rings. The Bertz CT molecular complexity index is 841. The van der Waals surface area contributed by atoms with Crippen molar-refractivity contribution < 1.29 is 22.8 Å². The topological polar surface area (TPSA) is 61.4 Å². The molecule has 1 atom stereocenters. The Morgan fingerprint density at radius 3 is 2.25 bits per heavy atom. The van der Waals surface area contributed by atoms with E-state index in [1.165, 1.54) is 17.0 Å². The minimum atomic E-state index is -4.44. The van der Waals surface area contributed by atoms with Crippen molar-refractivity contribution in [3.05, 3.63) is 59.1 Å². The second-order valence-electron chi connectivity index (χ2n) is 6.18. The SMILES string of the molecule is C[C@@H](C(=O)Nc1ccc(C(F)(F)F)cc1)N(C)CC(=O)Nc1ccccc1Cl. The van der Waals surface area contributed by atoms with Gasteiger partial charge in [-0.2, -0.15) is 13.2 Å². The minimum Gasteiger partial charge on any atom is -0.325 e. The molecule has 0 spiro atoms. The van der Waals surface area contributed by atoms with Crippen molar-refractivity contribution in [1.82, 2.24) is 4.90 Å². The van der Waals surface area contributed by atoms with E-state index in [1.54, 1.807) is 38.2 Å². The fourth-order valence-electron chi connectivity index (χ4n) is 2.31. The first-order valence-electron chi connectivity index (χ1n) is 8.30. The van der Waals surface area contributed by atoms with Gasteiger partial charge in [-0.15, -0.1) is 0 Å². The lowest BCUT2D eigenvalue weighted by Crippen LogP contribution is -2.43. The molecule has 0 bridgehead atoms. The molecule has 0 fully saturated rings. The molecule has 0 aliphatic carbocycles. The van der Waals surface area contributed by atoms with Gasteiger partial charge in [-0.25, -0.2) is 0 Å². The van der Waals surface area contributed by atoms with Gasteiger partial charge >= 0.3 is 6.18 Å². The first kappa shape index (κ1) is 21.7. The number of halogens is 4. The molecule has 2 rings (SSSR count). The number of rotatable bonds is 6. The molecule has 0 aliphatic rings. The van der Waals surface area contributed by atoms with Crippen molar-refractivity contribution in [2.24, 2.45) is 0 Å². The lowest BCUT2D eigenvalue weighted by atomic mass is 10.2. The molecular formula is C19H19ClF3N3O2. The van der Waals surface area contributed by atoms with Crippen LogP contribution in [0.25, 0.3) is 0 Å². The predicted octanol–water partition coefficient (Wildman–Crippen LogP) is 4.26. The van der Waals surface area contributed by atoms with Crippen LogP contribution in [-0.2, 0) is 15.8 Å². The Balaban J connectivity index is 1.91. The van der Waals surface area contributed by atoms with Crippen LogP contribution in [0.5, 0.6) is 0 Å². The van der Waals surface area contributed by atoms with Crippen molar-refractivity contribution >= 4 is 34.8 Å². The van der Waals surface area contributed by atoms with Crippen LogP contribution >= 0.6 is 11.6 Å². The van der Waals surface area contributed by atoms with Crippen LogP contribution in [0.15, 0.2) is 48.5 Å². The van der Waals surface area contributed by atoms with Crippen LogP contribution in [-0.4, -0.2) is 36.3 Å². The van der Waals surface area contributed by atoms with E-state index in [9.17, 15) is 22.8 Å². The van der Waals surface area contributed by atoms with Crippen molar-refractivity contribution in [1.29, 1.82) is 0 Å². The summed E-state index contributed by atoms with van der Waals surface area (Å²) in [5.74, 6) is -0.808. The number of benzene rings is 2. The molecule has 150 valence electrons. The van der Waals surface area contributed by atoms with E-state index in [2.05, 4.69) is 10.6 Å². The molecule has 28 heavy (non-hydrogen) atoms. The summed E-state index contributed by atoms with van der Waals surface area (Å²) in [5.41, 5.74) is -0.102. The van der Waals surface area contributed by atoms with E-state index < -0.39 is 23.7 Å². The highest BCUT2D eigenvalue weighted by molar-refractivity contribution is 6.33. The number of hydrogen-bond acceptors (Lipinski definition) is 3. The number of carbonyl (C=O) groups excluding carboxylic acids is 2. The minimum absolute atomic E-state index is 0.0766. The number of amides is 2. The number of alkyl halides is 3. The average molecular weight is 414 g/mol. The zero-order chi connectivity index (χ0) is 20.9. The third kappa shape index (κ3) is 5.97. The quantitative estimate of drug-likeness (QED) is 0.744. The van der Waals surface area contributed by atoms with Gasteiger partial charge < -0.3 is 10.6 Å². The van der Waals surface area contributed by atoms with Crippen LogP contribution in [0.4, 0.5) is 24.5 Å². The molecule has 9 heteroatoms. The summed E-state index contributed by atoms with van der Waals surface area (Å²) in [6.45, 7) is 1.51. The van der Waals surface area contributed by atoms with Crippen molar-refractivity contribution in [2.75, 3.05) is 24.2 Å². The van der Waals surface area contributed by atoms with Crippen LogP contribution in [0, 0.1) is 0 Å². The third-order valence-electron chi connectivity index (χ3n) is 4.06. The first-order chi connectivity index (χ1) is 13.1.